The first-order valence-electron chi connectivity index (χ1n) is 5.71. The van der Waals surface area contributed by atoms with E-state index in [1.165, 1.54) is 0 Å². The Balaban J connectivity index is 1.89. The molecule has 1 aromatic carbocycles. The van der Waals surface area contributed by atoms with Gasteiger partial charge in [-0.3, -0.25) is 5.43 Å². The van der Waals surface area contributed by atoms with E-state index in [-0.39, 0.29) is 5.75 Å². The second-order valence-corrected chi connectivity index (χ2v) is 3.93. The summed E-state index contributed by atoms with van der Waals surface area (Å²) in [5, 5.41) is 11.9. The molecule has 0 unspecified atom stereocenters. The maximum Gasteiger partial charge on any atom is 0.123 e. The molecule has 1 aromatic rings. The Morgan fingerprint density at radius 1 is 1.41 bits per heavy atom. The Morgan fingerprint density at radius 2 is 2.18 bits per heavy atom. The third-order valence-corrected chi connectivity index (χ3v) is 2.80. The molecular formula is C12H18N2O3. The Morgan fingerprint density at radius 3 is 2.82 bits per heavy atom. The van der Waals surface area contributed by atoms with E-state index in [1.54, 1.807) is 13.2 Å². The number of nitrogens with one attached hydrogen (secondary N) is 1. The van der Waals surface area contributed by atoms with Gasteiger partial charge in [0.1, 0.15) is 11.5 Å². The van der Waals surface area contributed by atoms with Crippen LogP contribution in [0.4, 0.5) is 0 Å². The molecule has 2 N–H and O–H groups in total. The lowest BCUT2D eigenvalue weighted by atomic mass is 10.2. The van der Waals surface area contributed by atoms with Crippen molar-refractivity contribution >= 4 is 0 Å². The van der Waals surface area contributed by atoms with Crippen LogP contribution in [0.2, 0.25) is 0 Å². The van der Waals surface area contributed by atoms with Gasteiger partial charge in [0, 0.05) is 31.3 Å². The summed E-state index contributed by atoms with van der Waals surface area (Å²) in [5.74, 6) is 0.919. The van der Waals surface area contributed by atoms with Gasteiger partial charge in [0.25, 0.3) is 0 Å². The average molecular weight is 238 g/mol. The van der Waals surface area contributed by atoms with Gasteiger partial charge in [-0.2, -0.15) is 0 Å². The van der Waals surface area contributed by atoms with Gasteiger partial charge in [-0.25, -0.2) is 5.01 Å². The molecule has 94 valence electrons. The van der Waals surface area contributed by atoms with Crippen LogP contribution in [-0.4, -0.2) is 43.5 Å². The number of benzene rings is 1. The quantitative estimate of drug-likeness (QED) is 0.810. The number of rotatable bonds is 4. The highest BCUT2D eigenvalue weighted by Gasteiger charge is 2.10. The molecule has 0 amide bonds. The molecule has 0 spiro atoms. The molecular weight excluding hydrogens is 220 g/mol. The summed E-state index contributed by atoms with van der Waals surface area (Å²) >= 11 is 0. The zero-order valence-corrected chi connectivity index (χ0v) is 9.98. The van der Waals surface area contributed by atoms with Gasteiger partial charge in [-0.1, -0.05) is 6.07 Å². The fraction of sp³-hybridized carbons (Fsp3) is 0.500. The van der Waals surface area contributed by atoms with E-state index in [0.29, 0.717) is 12.3 Å². The molecule has 17 heavy (non-hydrogen) atoms. The van der Waals surface area contributed by atoms with Gasteiger partial charge in [-0.15, -0.1) is 0 Å². The van der Waals surface area contributed by atoms with Crippen molar-refractivity contribution in [1.29, 1.82) is 0 Å². The van der Waals surface area contributed by atoms with E-state index in [4.69, 9.17) is 9.47 Å². The zero-order valence-electron chi connectivity index (χ0n) is 9.98. The summed E-state index contributed by atoms with van der Waals surface area (Å²) in [6.07, 6.45) is 0. The second kappa shape index (κ2) is 5.86. The predicted octanol–water partition coefficient (Wildman–Crippen LogP) is 0.738. The number of hydrogen-bond donors (Lipinski definition) is 2. The Kier molecular flexibility index (Phi) is 4.19. The number of phenols is 1. The van der Waals surface area contributed by atoms with E-state index < -0.39 is 0 Å². The normalized spacial score (nSPS) is 17.0. The van der Waals surface area contributed by atoms with Crippen LogP contribution in [0.3, 0.4) is 0 Å². The number of ether oxygens (including phenoxy) is 2. The van der Waals surface area contributed by atoms with Crippen LogP contribution in [-0.2, 0) is 11.3 Å². The minimum absolute atomic E-state index is 0.255. The van der Waals surface area contributed by atoms with E-state index in [0.717, 1.165) is 31.9 Å². The van der Waals surface area contributed by atoms with Crippen molar-refractivity contribution in [1.82, 2.24) is 10.4 Å². The fourth-order valence-electron chi connectivity index (χ4n) is 1.74. The van der Waals surface area contributed by atoms with E-state index >= 15 is 0 Å². The summed E-state index contributed by atoms with van der Waals surface area (Å²) in [6.45, 7) is 3.85. The SMILES string of the molecule is COc1ccc(CNN2CCOCC2)c(O)c1. The highest BCUT2D eigenvalue weighted by molar-refractivity contribution is 5.39. The van der Waals surface area contributed by atoms with E-state index in [1.807, 2.05) is 12.1 Å². The van der Waals surface area contributed by atoms with Crippen molar-refractivity contribution in [3.05, 3.63) is 23.8 Å². The van der Waals surface area contributed by atoms with Gasteiger partial charge >= 0.3 is 0 Å². The first-order chi connectivity index (χ1) is 8.29. The number of hydrogen-bond acceptors (Lipinski definition) is 5. The average Bonchev–Trinajstić information content (AvgIpc) is 2.38. The molecule has 2 rings (SSSR count). The summed E-state index contributed by atoms with van der Waals surface area (Å²) in [5.41, 5.74) is 4.13. The highest BCUT2D eigenvalue weighted by Crippen LogP contribution is 2.23. The smallest absolute Gasteiger partial charge is 0.123 e. The lowest BCUT2D eigenvalue weighted by Crippen LogP contribution is -2.45. The lowest BCUT2D eigenvalue weighted by Gasteiger charge is -2.27. The molecule has 1 heterocycles. The van der Waals surface area contributed by atoms with Crippen LogP contribution < -0.4 is 10.2 Å². The Bertz CT molecular complexity index is 365. The lowest BCUT2D eigenvalue weighted by molar-refractivity contribution is 0.0105. The molecule has 1 aliphatic heterocycles. The van der Waals surface area contributed by atoms with Crippen LogP contribution in [0.25, 0.3) is 0 Å². The molecule has 5 nitrogen and oxygen atoms in total. The van der Waals surface area contributed by atoms with Gasteiger partial charge in [0.15, 0.2) is 0 Å². The topological polar surface area (TPSA) is 54.0 Å². The van der Waals surface area contributed by atoms with Crippen molar-refractivity contribution in [2.24, 2.45) is 0 Å². The van der Waals surface area contributed by atoms with Crippen molar-refractivity contribution < 1.29 is 14.6 Å². The number of aromatic hydroxyl groups is 1. The van der Waals surface area contributed by atoms with Crippen LogP contribution >= 0.6 is 0 Å². The molecule has 0 saturated carbocycles. The Labute approximate surface area is 101 Å². The van der Waals surface area contributed by atoms with Gasteiger partial charge in [-0.05, 0) is 6.07 Å². The van der Waals surface area contributed by atoms with Crippen molar-refractivity contribution in [2.75, 3.05) is 33.4 Å². The van der Waals surface area contributed by atoms with Crippen LogP contribution in [0.15, 0.2) is 18.2 Å². The van der Waals surface area contributed by atoms with Crippen molar-refractivity contribution in [3.8, 4) is 11.5 Å². The fourth-order valence-corrected chi connectivity index (χ4v) is 1.74. The maximum absolute atomic E-state index is 9.79. The van der Waals surface area contributed by atoms with E-state index in [2.05, 4.69) is 10.4 Å². The number of hydrazine groups is 1. The van der Waals surface area contributed by atoms with E-state index in [9.17, 15) is 5.11 Å². The second-order valence-electron chi connectivity index (χ2n) is 3.93. The number of phenolic OH excluding ortho intramolecular Hbond substituents is 1. The van der Waals surface area contributed by atoms with Crippen LogP contribution in [0.5, 0.6) is 11.5 Å². The zero-order chi connectivity index (χ0) is 12.1. The third-order valence-electron chi connectivity index (χ3n) is 2.80. The van der Waals surface area contributed by atoms with Gasteiger partial charge in [0.05, 0.1) is 20.3 Å². The summed E-state index contributed by atoms with van der Waals surface area (Å²) in [6, 6.07) is 5.33. The number of methoxy groups -OCH3 is 1. The molecule has 0 aliphatic carbocycles. The van der Waals surface area contributed by atoms with Crippen molar-refractivity contribution in [2.45, 2.75) is 6.54 Å². The summed E-state index contributed by atoms with van der Waals surface area (Å²) < 4.78 is 10.3. The molecule has 0 bridgehead atoms. The minimum atomic E-state index is 0.255. The first kappa shape index (κ1) is 12.2. The minimum Gasteiger partial charge on any atom is -0.507 e. The summed E-state index contributed by atoms with van der Waals surface area (Å²) in [4.78, 5) is 0. The molecule has 0 atom stereocenters. The third kappa shape index (κ3) is 3.33. The van der Waals surface area contributed by atoms with Gasteiger partial charge < -0.3 is 14.6 Å². The summed E-state index contributed by atoms with van der Waals surface area (Å²) in [7, 11) is 1.58. The number of nitrogens with zero attached hydrogens (tertiary/aromatic N) is 1. The largest absolute Gasteiger partial charge is 0.507 e. The Hall–Kier alpha value is -1.30. The molecule has 1 saturated heterocycles. The molecule has 5 heteroatoms. The molecule has 0 aromatic heterocycles. The highest BCUT2D eigenvalue weighted by atomic mass is 16.5. The van der Waals surface area contributed by atoms with Crippen LogP contribution in [0, 0.1) is 0 Å². The standard InChI is InChI=1S/C12H18N2O3/c1-16-11-3-2-10(12(15)8-11)9-13-14-4-6-17-7-5-14/h2-3,8,13,15H,4-7,9H2,1H3. The predicted molar refractivity (Wildman–Crippen MR) is 63.9 cm³/mol. The molecule has 1 fully saturated rings. The molecule has 1 aliphatic rings. The maximum atomic E-state index is 9.79. The number of morpholine rings is 1. The first-order valence-corrected chi connectivity index (χ1v) is 5.71. The van der Waals surface area contributed by atoms with Crippen LogP contribution in [0.1, 0.15) is 5.56 Å². The van der Waals surface area contributed by atoms with Crippen molar-refractivity contribution in [3.63, 3.8) is 0 Å². The molecule has 0 radical (unpaired) electrons. The monoisotopic (exact) mass is 238 g/mol. The van der Waals surface area contributed by atoms with Gasteiger partial charge in [0.2, 0.25) is 0 Å².